The average Bonchev–Trinajstić information content (AvgIpc) is 2.51. The average molecular weight is 347 g/mol. The minimum atomic E-state index is -0.607. The Hall–Kier alpha value is -0.990. The fourth-order valence-electron chi connectivity index (χ4n) is 2.09. The lowest BCUT2D eigenvalue weighted by atomic mass is 10.1. The predicted octanol–water partition coefficient (Wildman–Crippen LogP) is 0.687. The van der Waals surface area contributed by atoms with Gasteiger partial charge in [0.2, 0.25) is 5.88 Å². The quantitative estimate of drug-likeness (QED) is 0.698. The van der Waals surface area contributed by atoms with Gasteiger partial charge in [-0.25, -0.2) is 4.98 Å². The van der Waals surface area contributed by atoms with Crippen molar-refractivity contribution in [3.05, 3.63) is 18.1 Å². The van der Waals surface area contributed by atoms with Crippen LogP contribution in [0.1, 0.15) is 32.5 Å². The number of hydrogen-bond donors (Lipinski definition) is 3. The molecule has 0 amide bonds. The molecule has 0 radical (unpaired) electrons. The molecular formula is C15H27ClN4O3. The Bertz CT molecular complexity index is 464. The molecule has 1 aliphatic heterocycles. The molecule has 1 aromatic heterocycles. The number of aromatic nitrogens is 2. The van der Waals surface area contributed by atoms with Gasteiger partial charge in [0, 0.05) is 31.0 Å². The van der Waals surface area contributed by atoms with Crippen molar-refractivity contribution in [1.82, 2.24) is 20.6 Å². The first-order valence-corrected chi connectivity index (χ1v) is 7.63. The highest BCUT2D eigenvalue weighted by Crippen LogP contribution is 2.21. The van der Waals surface area contributed by atoms with E-state index < -0.39 is 6.10 Å². The molecule has 8 heteroatoms. The zero-order valence-electron chi connectivity index (χ0n) is 13.9. The van der Waals surface area contributed by atoms with Crippen LogP contribution in [-0.2, 0) is 4.74 Å². The largest absolute Gasteiger partial charge is 0.474 e. The van der Waals surface area contributed by atoms with Crippen LogP contribution in [-0.4, -0.2) is 59.6 Å². The van der Waals surface area contributed by atoms with Gasteiger partial charge in [-0.3, -0.25) is 4.98 Å². The third-order valence-corrected chi connectivity index (χ3v) is 3.22. The molecule has 2 unspecified atom stereocenters. The van der Waals surface area contributed by atoms with Gasteiger partial charge in [-0.2, -0.15) is 0 Å². The van der Waals surface area contributed by atoms with Crippen molar-refractivity contribution in [1.29, 1.82) is 0 Å². The van der Waals surface area contributed by atoms with Crippen LogP contribution in [0.3, 0.4) is 0 Å². The second-order valence-corrected chi connectivity index (χ2v) is 6.42. The van der Waals surface area contributed by atoms with Crippen LogP contribution in [0.15, 0.2) is 12.4 Å². The summed E-state index contributed by atoms with van der Waals surface area (Å²) in [7, 11) is 0. The van der Waals surface area contributed by atoms with E-state index in [0.29, 0.717) is 25.6 Å². The van der Waals surface area contributed by atoms with E-state index >= 15 is 0 Å². The zero-order valence-corrected chi connectivity index (χ0v) is 14.7. The number of nitrogens with one attached hydrogen (secondary N) is 2. The SMILES string of the molecule is CC(C)(C)NCC(O)COc1nccnc1C1COCCN1.Cl. The van der Waals surface area contributed by atoms with Crippen LogP contribution in [0, 0.1) is 0 Å². The number of rotatable bonds is 6. The molecular weight excluding hydrogens is 320 g/mol. The maximum atomic E-state index is 10.00. The summed E-state index contributed by atoms with van der Waals surface area (Å²) < 4.78 is 11.1. The first kappa shape index (κ1) is 20.1. The molecule has 1 saturated heterocycles. The minimum Gasteiger partial charge on any atom is -0.474 e. The smallest absolute Gasteiger partial charge is 0.237 e. The van der Waals surface area contributed by atoms with Gasteiger partial charge in [0.15, 0.2) is 0 Å². The maximum absolute atomic E-state index is 10.00. The molecule has 0 bridgehead atoms. The summed E-state index contributed by atoms with van der Waals surface area (Å²) in [4.78, 5) is 8.56. The second kappa shape index (κ2) is 9.34. The fourth-order valence-corrected chi connectivity index (χ4v) is 2.09. The number of halogens is 1. The van der Waals surface area contributed by atoms with Crippen molar-refractivity contribution in [2.45, 2.75) is 38.5 Å². The highest BCUT2D eigenvalue weighted by molar-refractivity contribution is 5.85. The summed E-state index contributed by atoms with van der Waals surface area (Å²) in [5, 5.41) is 16.6. The monoisotopic (exact) mass is 346 g/mol. The van der Waals surface area contributed by atoms with Gasteiger partial charge in [-0.1, -0.05) is 0 Å². The van der Waals surface area contributed by atoms with Gasteiger partial charge < -0.3 is 25.2 Å². The van der Waals surface area contributed by atoms with Crippen molar-refractivity contribution in [3.63, 3.8) is 0 Å². The molecule has 1 fully saturated rings. The van der Waals surface area contributed by atoms with Crippen LogP contribution >= 0.6 is 12.4 Å². The lowest BCUT2D eigenvalue weighted by Gasteiger charge is -2.25. The number of ether oxygens (including phenoxy) is 2. The van der Waals surface area contributed by atoms with Crippen molar-refractivity contribution < 1.29 is 14.6 Å². The molecule has 1 aliphatic rings. The Morgan fingerprint density at radius 3 is 2.83 bits per heavy atom. The van der Waals surface area contributed by atoms with Crippen LogP contribution < -0.4 is 15.4 Å². The van der Waals surface area contributed by atoms with Crippen molar-refractivity contribution in [2.75, 3.05) is 32.9 Å². The summed E-state index contributed by atoms with van der Waals surface area (Å²) in [6.45, 7) is 8.81. The molecule has 3 N–H and O–H groups in total. The van der Waals surface area contributed by atoms with Crippen LogP contribution in [0.2, 0.25) is 0 Å². The molecule has 1 aromatic rings. The van der Waals surface area contributed by atoms with Gasteiger partial charge in [0.25, 0.3) is 0 Å². The number of aliphatic hydroxyl groups is 1. The van der Waals surface area contributed by atoms with E-state index in [9.17, 15) is 5.11 Å². The number of nitrogens with zero attached hydrogens (tertiary/aromatic N) is 2. The van der Waals surface area contributed by atoms with Gasteiger partial charge in [-0.05, 0) is 20.8 Å². The van der Waals surface area contributed by atoms with Gasteiger partial charge >= 0.3 is 0 Å². The number of hydrogen-bond acceptors (Lipinski definition) is 7. The van der Waals surface area contributed by atoms with E-state index in [2.05, 4.69) is 41.4 Å². The Kier molecular flexibility index (Phi) is 8.15. The minimum absolute atomic E-state index is 0. The zero-order chi connectivity index (χ0) is 16.0. The molecule has 7 nitrogen and oxygen atoms in total. The molecule has 0 saturated carbocycles. The summed E-state index contributed by atoms with van der Waals surface area (Å²) in [6, 6.07) is -0.0257. The Labute approximate surface area is 143 Å². The summed E-state index contributed by atoms with van der Waals surface area (Å²) in [5.74, 6) is 0.445. The van der Waals surface area contributed by atoms with Crippen LogP contribution in [0.25, 0.3) is 0 Å². The molecule has 0 aliphatic carbocycles. The molecule has 2 atom stereocenters. The molecule has 0 spiro atoms. The van der Waals surface area contributed by atoms with Gasteiger partial charge in [0.05, 0.1) is 19.3 Å². The summed E-state index contributed by atoms with van der Waals surface area (Å²) in [6.07, 6.45) is 2.61. The summed E-state index contributed by atoms with van der Waals surface area (Å²) >= 11 is 0. The number of β-amino-alcohol motifs (C(OH)–C–C–N with tert-alkyl or cyclic N) is 1. The van der Waals surface area contributed by atoms with E-state index in [1.54, 1.807) is 12.4 Å². The normalized spacial score (nSPS) is 19.7. The van der Waals surface area contributed by atoms with Gasteiger partial charge in [0.1, 0.15) is 18.4 Å². The third-order valence-electron chi connectivity index (χ3n) is 3.22. The standard InChI is InChI=1S/C15H26N4O3.ClH/c1-15(2,3)19-8-11(20)9-22-14-13(17-4-5-18-14)12-10-21-7-6-16-12;/h4-5,11-12,16,19-20H,6-10H2,1-3H3;1H. The second-order valence-electron chi connectivity index (χ2n) is 6.42. The third kappa shape index (κ3) is 6.97. The first-order chi connectivity index (χ1) is 10.5. The van der Waals surface area contributed by atoms with Crippen LogP contribution in [0.4, 0.5) is 0 Å². The molecule has 0 aromatic carbocycles. The van der Waals surface area contributed by atoms with E-state index in [4.69, 9.17) is 9.47 Å². The number of morpholine rings is 1. The van der Waals surface area contributed by atoms with Crippen molar-refractivity contribution in [3.8, 4) is 5.88 Å². The topological polar surface area (TPSA) is 88.5 Å². The highest BCUT2D eigenvalue weighted by Gasteiger charge is 2.22. The van der Waals surface area contributed by atoms with E-state index in [-0.39, 0.29) is 30.6 Å². The van der Waals surface area contributed by atoms with E-state index in [1.165, 1.54) is 0 Å². The fraction of sp³-hybridized carbons (Fsp3) is 0.733. The van der Waals surface area contributed by atoms with Crippen molar-refractivity contribution >= 4 is 12.4 Å². The molecule has 23 heavy (non-hydrogen) atoms. The lowest BCUT2D eigenvalue weighted by Crippen LogP contribution is -2.42. The van der Waals surface area contributed by atoms with Crippen molar-refractivity contribution in [2.24, 2.45) is 0 Å². The summed E-state index contributed by atoms with van der Waals surface area (Å²) in [5.41, 5.74) is 0.681. The molecule has 132 valence electrons. The maximum Gasteiger partial charge on any atom is 0.237 e. The Morgan fingerprint density at radius 2 is 2.17 bits per heavy atom. The lowest BCUT2D eigenvalue weighted by molar-refractivity contribution is 0.0710. The predicted molar refractivity (Wildman–Crippen MR) is 90.1 cm³/mol. The Morgan fingerprint density at radius 1 is 1.43 bits per heavy atom. The number of aliphatic hydroxyl groups excluding tert-OH is 1. The van der Waals surface area contributed by atoms with Gasteiger partial charge in [-0.15, -0.1) is 12.4 Å². The highest BCUT2D eigenvalue weighted by atomic mass is 35.5. The Balaban J connectivity index is 0.00000264. The van der Waals surface area contributed by atoms with E-state index in [1.807, 2.05) is 0 Å². The van der Waals surface area contributed by atoms with Crippen LogP contribution in [0.5, 0.6) is 5.88 Å². The first-order valence-electron chi connectivity index (χ1n) is 7.63. The van der Waals surface area contributed by atoms with E-state index in [0.717, 1.165) is 12.2 Å². The molecule has 2 heterocycles. The molecule has 2 rings (SSSR count).